The highest BCUT2D eigenvalue weighted by Crippen LogP contribution is 2.26. The van der Waals surface area contributed by atoms with Crippen LogP contribution in [0.4, 0.5) is 0 Å². The van der Waals surface area contributed by atoms with Crippen molar-refractivity contribution in [2.45, 2.75) is 11.8 Å². The molecule has 0 spiro atoms. The van der Waals surface area contributed by atoms with Crippen LogP contribution >= 0.6 is 10.7 Å². The standard InChI is InChI=1S/C8H9ClO4S/c1-2-12-13-7-5-3-4-6-8(7)14(9,10)11/h3-6H,2H2,1H3. The highest BCUT2D eigenvalue weighted by atomic mass is 35.7. The molecule has 0 fully saturated rings. The summed E-state index contributed by atoms with van der Waals surface area (Å²) >= 11 is 0. The third-order valence-electron chi connectivity index (χ3n) is 1.38. The van der Waals surface area contributed by atoms with Gasteiger partial charge in [-0.3, -0.25) is 0 Å². The van der Waals surface area contributed by atoms with Crippen LogP contribution in [0.15, 0.2) is 29.2 Å². The van der Waals surface area contributed by atoms with Crippen molar-refractivity contribution in [1.82, 2.24) is 0 Å². The summed E-state index contributed by atoms with van der Waals surface area (Å²) in [6.45, 7) is 2.04. The molecule has 0 unspecified atom stereocenters. The van der Waals surface area contributed by atoms with Crippen LogP contribution in [0.5, 0.6) is 5.75 Å². The Kier molecular flexibility index (Phi) is 3.74. The first kappa shape index (κ1) is 11.3. The Hall–Kier alpha value is -0.780. The lowest BCUT2D eigenvalue weighted by atomic mass is 10.3. The molecule has 0 aliphatic heterocycles. The first-order valence-electron chi connectivity index (χ1n) is 3.89. The van der Waals surface area contributed by atoms with Crippen molar-refractivity contribution >= 4 is 19.7 Å². The normalized spacial score (nSPS) is 11.3. The minimum absolute atomic E-state index is 0.0874. The zero-order chi connectivity index (χ0) is 10.6. The van der Waals surface area contributed by atoms with E-state index in [-0.39, 0.29) is 10.6 Å². The van der Waals surface area contributed by atoms with E-state index in [1.807, 2.05) is 0 Å². The van der Waals surface area contributed by atoms with Gasteiger partial charge in [0.2, 0.25) is 0 Å². The van der Waals surface area contributed by atoms with Gasteiger partial charge >= 0.3 is 0 Å². The van der Waals surface area contributed by atoms with Gasteiger partial charge in [0.05, 0.1) is 6.61 Å². The lowest BCUT2D eigenvalue weighted by molar-refractivity contribution is -0.204. The Balaban J connectivity index is 3.04. The Morgan fingerprint density at radius 3 is 2.57 bits per heavy atom. The fourth-order valence-electron chi connectivity index (χ4n) is 0.843. The van der Waals surface area contributed by atoms with Crippen molar-refractivity contribution in [3.05, 3.63) is 24.3 Å². The maximum absolute atomic E-state index is 11.0. The lowest BCUT2D eigenvalue weighted by Gasteiger charge is -2.05. The molecule has 0 aliphatic rings. The van der Waals surface area contributed by atoms with Gasteiger partial charge < -0.3 is 4.89 Å². The van der Waals surface area contributed by atoms with Gasteiger partial charge in [0, 0.05) is 10.7 Å². The maximum atomic E-state index is 11.0. The summed E-state index contributed by atoms with van der Waals surface area (Å²) in [5, 5.41) is 0. The number of benzene rings is 1. The van der Waals surface area contributed by atoms with Crippen molar-refractivity contribution in [1.29, 1.82) is 0 Å². The summed E-state index contributed by atoms with van der Waals surface area (Å²) in [6, 6.07) is 5.98. The third kappa shape index (κ3) is 2.87. The Bertz CT molecular complexity index is 402. The minimum Gasteiger partial charge on any atom is -0.336 e. The maximum Gasteiger partial charge on any atom is 0.265 e. The highest BCUT2D eigenvalue weighted by molar-refractivity contribution is 8.13. The van der Waals surface area contributed by atoms with Crippen LogP contribution in [0.2, 0.25) is 0 Å². The highest BCUT2D eigenvalue weighted by Gasteiger charge is 2.16. The predicted molar refractivity (Wildman–Crippen MR) is 51.7 cm³/mol. The fourth-order valence-corrected chi connectivity index (χ4v) is 1.81. The molecule has 0 aliphatic carbocycles. The van der Waals surface area contributed by atoms with Gasteiger partial charge in [0.1, 0.15) is 4.90 Å². The summed E-state index contributed by atoms with van der Waals surface area (Å²) in [7, 11) is 1.38. The van der Waals surface area contributed by atoms with Crippen molar-refractivity contribution < 1.29 is 18.2 Å². The topological polar surface area (TPSA) is 52.6 Å². The minimum atomic E-state index is -3.80. The summed E-state index contributed by atoms with van der Waals surface area (Å²) < 4.78 is 22.1. The second-order valence-corrected chi connectivity index (χ2v) is 4.91. The van der Waals surface area contributed by atoms with E-state index in [4.69, 9.17) is 15.6 Å². The zero-order valence-corrected chi connectivity index (χ0v) is 9.01. The number of para-hydroxylation sites is 1. The molecular formula is C8H9ClO4S. The van der Waals surface area contributed by atoms with E-state index in [0.29, 0.717) is 6.61 Å². The van der Waals surface area contributed by atoms with Gasteiger partial charge in [-0.15, -0.1) is 0 Å². The zero-order valence-electron chi connectivity index (χ0n) is 7.44. The molecule has 0 radical (unpaired) electrons. The molecule has 1 aromatic carbocycles. The fraction of sp³-hybridized carbons (Fsp3) is 0.250. The molecule has 1 aromatic rings. The lowest BCUT2D eigenvalue weighted by Crippen LogP contribution is -2.00. The molecule has 1 rings (SSSR count). The SMILES string of the molecule is CCOOc1ccccc1S(=O)(=O)Cl. The van der Waals surface area contributed by atoms with Crippen LogP contribution in [-0.4, -0.2) is 15.0 Å². The average molecular weight is 237 g/mol. The van der Waals surface area contributed by atoms with Crippen LogP contribution in [0.25, 0.3) is 0 Å². The van der Waals surface area contributed by atoms with Crippen LogP contribution in [0, 0.1) is 0 Å². The van der Waals surface area contributed by atoms with E-state index in [9.17, 15) is 8.42 Å². The number of rotatable bonds is 4. The first-order valence-corrected chi connectivity index (χ1v) is 6.20. The largest absolute Gasteiger partial charge is 0.336 e. The summed E-state index contributed by atoms with van der Waals surface area (Å²) in [5.41, 5.74) is 0. The molecule has 0 N–H and O–H groups in total. The molecule has 0 aromatic heterocycles. The predicted octanol–water partition coefficient (Wildman–Crippen LogP) is 1.94. The molecule has 78 valence electrons. The van der Waals surface area contributed by atoms with Gasteiger partial charge in [0.15, 0.2) is 5.75 Å². The van der Waals surface area contributed by atoms with Gasteiger partial charge in [-0.1, -0.05) is 12.1 Å². The summed E-state index contributed by atoms with van der Waals surface area (Å²) in [5.74, 6) is 0.0874. The number of hydrogen-bond donors (Lipinski definition) is 0. The van der Waals surface area contributed by atoms with Gasteiger partial charge in [-0.25, -0.2) is 8.42 Å². The molecule has 0 amide bonds. The molecular weight excluding hydrogens is 228 g/mol. The van der Waals surface area contributed by atoms with Crippen molar-refractivity contribution in [3.63, 3.8) is 0 Å². The number of halogens is 1. The smallest absolute Gasteiger partial charge is 0.265 e. The Morgan fingerprint density at radius 2 is 2.00 bits per heavy atom. The second kappa shape index (κ2) is 4.63. The van der Waals surface area contributed by atoms with Crippen LogP contribution in [0.1, 0.15) is 6.92 Å². The van der Waals surface area contributed by atoms with Gasteiger partial charge in [0.25, 0.3) is 9.05 Å². The van der Waals surface area contributed by atoms with Crippen molar-refractivity contribution in [2.75, 3.05) is 6.61 Å². The van der Waals surface area contributed by atoms with Crippen molar-refractivity contribution in [3.8, 4) is 5.75 Å². The average Bonchev–Trinajstić information content (AvgIpc) is 2.14. The monoisotopic (exact) mass is 236 g/mol. The van der Waals surface area contributed by atoms with E-state index < -0.39 is 9.05 Å². The van der Waals surface area contributed by atoms with Crippen molar-refractivity contribution in [2.24, 2.45) is 0 Å². The first-order chi connectivity index (χ1) is 6.55. The summed E-state index contributed by atoms with van der Waals surface area (Å²) in [4.78, 5) is 9.28. The van der Waals surface area contributed by atoms with Crippen LogP contribution in [-0.2, 0) is 13.9 Å². The van der Waals surface area contributed by atoms with Crippen LogP contribution < -0.4 is 4.89 Å². The third-order valence-corrected chi connectivity index (χ3v) is 2.74. The van der Waals surface area contributed by atoms with E-state index in [1.54, 1.807) is 19.1 Å². The van der Waals surface area contributed by atoms with Crippen LogP contribution in [0.3, 0.4) is 0 Å². The van der Waals surface area contributed by atoms with E-state index in [1.165, 1.54) is 12.1 Å². The van der Waals surface area contributed by atoms with E-state index in [2.05, 4.69) is 4.89 Å². The molecule has 6 heteroatoms. The molecule has 0 saturated carbocycles. The molecule has 0 heterocycles. The second-order valence-electron chi connectivity index (χ2n) is 2.37. The van der Waals surface area contributed by atoms with E-state index >= 15 is 0 Å². The number of hydrogen-bond acceptors (Lipinski definition) is 4. The molecule has 0 atom stereocenters. The molecule has 0 saturated heterocycles. The van der Waals surface area contributed by atoms with Gasteiger partial charge in [-0.05, 0) is 19.1 Å². The Labute approximate surface area is 86.8 Å². The molecule has 4 nitrogen and oxygen atoms in total. The van der Waals surface area contributed by atoms with Gasteiger partial charge in [-0.2, -0.15) is 4.89 Å². The molecule has 14 heavy (non-hydrogen) atoms. The quantitative estimate of drug-likeness (QED) is 0.456. The summed E-state index contributed by atoms with van der Waals surface area (Å²) in [6.07, 6.45) is 0. The van der Waals surface area contributed by atoms with E-state index in [0.717, 1.165) is 0 Å². The Morgan fingerprint density at radius 1 is 1.36 bits per heavy atom. The molecule has 0 bridgehead atoms.